The first-order chi connectivity index (χ1) is 10.2. The summed E-state index contributed by atoms with van der Waals surface area (Å²) < 4.78 is 5.24. The molecule has 6 heteroatoms. The summed E-state index contributed by atoms with van der Waals surface area (Å²) in [7, 11) is 0. The average Bonchev–Trinajstić information content (AvgIpc) is 2.47. The molecular formula is C17H25ClN2O3. The van der Waals surface area contributed by atoms with Gasteiger partial charge in [-0.2, -0.15) is 0 Å². The number of carbonyl (C=O) groups is 2. The number of halogens is 1. The fraction of sp³-hybridized carbons (Fsp3) is 0.529. The summed E-state index contributed by atoms with van der Waals surface area (Å²) in [6.45, 7) is 6.66. The lowest BCUT2D eigenvalue weighted by molar-refractivity contribution is -0.124. The average molecular weight is 341 g/mol. The second kappa shape index (κ2) is 7.43. The highest BCUT2D eigenvalue weighted by Crippen LogP contribution is 2.23. The third-order valence-corrected chi connectivity index (χ3v) is 3.92. The molecule has 128 valence electrons. The molecule has 5 nitrogen and oxygen atoms in total. The smallest absolute Gasteiger partial charge is 0.244 e. The number of nitrogens with one attached hydrogen (secondary N) is 1. The van der Waals surface area contributed by atoms with E-state index in [0.29, 0.717) is 37.3 Å². The van der Waals surface area contributed by atoms with Gasteiger partial charge in [0.25, 0.3) is 0 Å². The van der Waals surface area contributed by atoms with Crippen molar-refractivity contribution in [3.05, 3.63) is 29.8 Å². The van der Waals surface area contributed by atoms with Gasteiger partial charge in [0.05, 0.1) is 0 Å². The summed E-state index contributed by atoms with van der Waals surface area (Å²) >= 11 is 0. The highest BCUT2D eigenvalue weighted by molar-refractivity contribution is 6.01. The topological polar surface area (TPSA) is 81.4 Å². The zero-order valence-electron chi connectivity index (χ0n) is 13.8. The molecule has 1 aliphatic heterocycles. The Labute approximate surface area is 143 Å². The van der Waals surface area contributed by atoms with Crippen molar-refractivity contribution in [2.75, 3.05) is 18.5 Å². The molecule has 0 bridgehead atoms. The largest absolute Gasteiger partial charge is 0.381 e. The van der Waals surface area contributed by atoms with Crippen molar-refractivity contribution in [3.63, 3.8) is 0 Å². The van der Waals surface area contributed by atoms with Crippen LogP contribution >= 0.6 is 12.4 Å². The van der Waals surface area contributed by atoms with E-state index in [4.69, 9.17) is 10.5 Å². The Kier molecular flexibility index (Phi) is 6.33. The van der Waals surface area contributed by atoms with Crippen LogP contribution < -0.4 is 11.1 Å². The van der Waals surface area contributed by atoms with E-state index in [1.165, 1.54) is 0 Å². The molecule has 0 aliphatic carbocycles. The van der Waals surface area contributed by atoms with Gasteiger partial charge in [-0.3, -0.25) is 9.59 Å². The van der Waals surface area contributed by atoms with Crippen LogP contribution in [0.25, 0.3) is 0 Å². The number of anilines is 1. The van der Waals surface area contributed by atoms with Crippen LogP contribution in [-0.2, 0) is 9.53 Å². The van der Waals surface area contributed by atoms with Crippen LogP contribution in [0.3, 0.4) is 0 Å². The summed E-state index contributed by atoms with van der Waals surface area (Å²) in [6.07, 6.45) is 1.03. The van der Waals surface area contributed by atoms with Crippen LogP contribution in [0.5, 0.6) is 0 Å². The monoisotopic (exact) mass is 340 g/mol. The lowest BCUT2D eigenvalue weighted by atomic mass is 9.86. The van der Waals surface area contributed by atoms with Crippen molar-refractivity contribution in [3.8, 4) is 0 Å². The maximum atomic E-state index is 12.3. The fourth-order valence-corrected chi connectivity index (χ4v) is 2.36. The first kappa shape index (κ1) is 19.6. The number of hydrogen-bond donors (Lipinski definition) is 2. The molecule has 3 N–H and O–H groups in total. The Bertz CT molecular complexity index is 558. The van der Waals surface area contributed by atoms with Gasteiger partial charge in [-0.05, 0) is 37.1 Å². The molecule has 1 amide bonds. The summed E-state index contributed by atoms with van der Waals surface area (Å²) in [5.74, 6) is -0.129. The van der Waals surface area contributed by atoms with Crippen LogP contribution in [-0.4, -0.2) is 30.4 Å². The molecular weight excluding hydrogens is 316 g/mol. The Morgan fingerprint density at radius 3 is 2.13 bits per heavy atom. The van der Waals surface area contributed by atoms with Crippen LogP contribution in [0, 0.1) is 5.41 Å². The molecule has 1 saturated heterocycles. The molecule has 1 aliphatic rings. The third-order valence-electron chi connectivity index (χ3n) is 3.92. The van der Waals surface area contributed by atoms with Gasteiger partial charge in [0.2, 0.25) is 5.91 Å². The first-order valence-electron chi connectivity index (χ1n) is 7.55. The van der Waals surface area contributed by atoms with Crippen LogP contribution in [0.2, 0.25) is 0 Å². The van der Waals surface area contributed by atoms with Crippen LogP contribution in [0.4, 0.5) is 5.69 Å². The lowest BCUT2D eigenvalue weighted by Crippen LogP contribution is -2.54. The molecule has 0 atom stereocenters. The van der Waals surface area contributed by atoms with Crippen molar-refractivity contribution >= 4 is 29.8 Å². The molecule has 1 fully saturated rings. The van der Waals surface area contributed by atoms with E-state index in [1.807, 2.05) is 20.8 Å². The Morgan fingerprint density at radius 2 is 1.65 bits per heavy atom. The molecule has 0 unspecified atom stereocenters. The lowest BCUT2D eigenvalue weighted by Gasteiger charge is -2.31. The highest BCUT2D eigenvalue weighted by atomic mass is 35.5. The second-order valence-corrected chi connectivity index (χ2v) is 6.88. The van der Waals surface area contributed by atoms with Crippen molar-refractivity contribution < 1.29 is 14.3 Å². The van der Waals surface area contributed by atoms with Crippen molar-refractivity contribution in [1.82, 2.24) is 0 Å². The summed E-state index contributed by atoms with van der Waals surface area (Å²) in [5.41, 5.74) is 6.12. The van der Waals surface area contributed by atoms with E-state index in [1.54, 1.807) is 24.3 Å². The van der Waals surface area contributed by atoms with Crippen molar-refractivity contribution in [2.45, 2.75) is 39.2 Å². The van der Waals surface area contributed by atoms with Gasteiger partial charge < -0.3 is 15.8 Å². The van der Waals surface area contributed by atoms with Crippen LogP contribution in [0.15, 0.2) is 24.3 Å². The quantitative estimate of drug-likeness (QED) is 0.829. The molecule has 1 aromatic rings. The number of benzene rings is 1. The molecule has 1 heterocycles. The maximum Gasteiger partial charge on any atom is 0.244 e. The Hall–Kier alpha value is -1.43. The zero-order valence-corrected chi connectivity index (χ0v) is 14.7. The summed E-state index contributed by atoms with van der Waals surface area (Å²) in [6, 6.07) is 6.94. The second-order valence-electron chi connectivity index (χ2n) is 6.88. The number of Topliss-reactive ketones (excluding diaryl/α,β-unsaturated/α-hetero) is 1. The number of rotatable bonds is 3. The Morgan fingerprint density at radius 1 is 1.13 bits per heavy atom. The number of ether oxygens (including phenoxy) is 1. The van der Waals surface area contributed by atoms with Crippen molar-refractivity contribution in [1.29, 1.82) is 0 Å². The minimum Gasteiger partial charge on any atom is -0.381 e. The zero-order chi connectivity index (χ0) is 16.4. The van der Waals surface area contributed by atoms with Gasteiger partial charge in [-0.1, -0.05) is 20.8 Å². The number of carbonyl (C=O) groups excluding carboxylic acids is 2. The molecule has 0 spiro atoms. The SMILES string of the molecule is CC(C)(C)C(=O)c1ccc(NC(=O)C2(N)CCOCC2)cc1.Cl. The number of nitrogens with two attached hydrogens (primary N) is 1. The van der Waals surface area contributed by atoms with E-state index in [9.17, 15) is 9.59 Å². The summed E-state index contributed by atoms with van der Waals surface area (Å²) in [5, 5.41) is 2.83. The van der Waals surface area contributed by atoms with E-state index in [0.717, 1.165) is 0 Å². The Balaban J connectivity index is 0.00000264. The maximum absolute atomic E-state index is 12.3. The van der Waals surface area contributed by atoms with E-state index >= 15 is 0 Å². The molecule has 1 aromatic carbocycles. The standard InChI is InChI=1S/C17H24N2O3.ClH/c1-16(2,3)14(20)12-4-6-13(7-5-12)19-15(21)17(18)8-10-22-11-9-17;/h4-7H,8-11,18H2,1-3H3,(H,19,21);1H. The molecule has 2 rings (SSSR count). The van der Waals surface area contributed by atoms with Gasteiger partial charge >= 0.3 is 0 Å². The van der Waals surface area contributed by atoms with E-state index in [2.05, 4.69) is 5.32 Å². The van der Waals surface area contributed by atoms with Gasteiger partial charge in [0.1, 0.15) is 5.54 Å². The molecule has 0 aromatic heterocycles. The third kappa shape index (κ3) is 4.77. The normalized spacial score (nSPS) is 17.0. The fourth-order valence-electron chi connectivity index (χ4n) is 2.36. The van der Waals surface area contributed by atoms with Gasteiger partial charge in [0.15, 0.2) is 5.78 Å². The highest BCUT2D eigenvalue weighted by Gasteiger charge is 2.35. The first-order valence-corrected chi connectivity index (χ1v) is 7.55. The predicted molar refractivity (Wildman–Crippen MR) is 93.1 cm³/mol. The van der Waals surface area contributed by atoms with Crippen LogP contribution in [0.1, 0.15) is 44.0 Å². The predicted octanol–water partition coefficient (Wildman–Crippen LogP) is 2.78. The number of amides is 1. The number of hydrogen-bond acceptors (Lipinski definition) is 4. The minimum absolute atomic E-state index is 0. The van der Waals surface area contributed by atoms with Gasteiger partial charge in [0, 0.05) is 29.9 Å². The van der Waals surface area contributed by atoms with Crippen molar-refractivity contribution in [2.24, 2.45) is 11.1 Å². The van der Waals surface area contributed by atoms with E-state index in [-0.39, 0.29) is 24.1 Å². The molecule has 0 saturated carbocycles. The summed E-state index contributed by atoms with van der Waals surface area (Å²) in [4.78, 5) is 24.5. The van der Waals surface area contributed by atoms with E-state index < -0.39 is 11.0 Å². The van der Waals surface area contributed by atoms with Gasteiger partial charge in [-0.15, -0.1) is 12.4 Å². The minimum atomic E-state index is -0.877. The number of ketones is 1. The molecule has 23 heavy (non-hydrogen) atoms. The molecule has 0 radical (unpaired) electrons. The van der Waals surface area contributed by atoms with Gasteiger partial charge in [-0.25, -0.2) is 0 Å².